The van der Waals surface area contributed by atoms with Crippen LogP contribution < -0.4 is 10.2 Å². The minimum atomic E-state index is -4.59. The molecule has 1 amide bonds. The monoisotopic (exact) mass is 408 g/mol. The van der Waals surface area contributed by atoms with E-state index in [1.165, 1.54) is 6.07 Å². The molecular formula is C22H27F3N2O2. The third kappa shape index (κ3) is 4.50. The van der Waals surface area contributed by atoms with E-state index in [1.54, 1.807) is 32.0 Å². The van der Waals surface area contributed by atoms with Gasteiger partial charge in [0.2, 0.25) is 5.91 Å². The van der Waals surface area contributed by atoms with Crippen molar-refractivity contribution in [1.82, 2.24) is 10.4 Å². The van der Waals surface area contributed by atoms with Gasteiger partial charge in [-0.2, -0.15) is 13.2 Å². The van der Waals surface area contributed by atoms with E-state index in [4.69, 9.17) is 4.74 Å². The lowest BCUT2D eigenvalue weighted by Crippen LogP contribution is -2.43. The zero-order chi connectivity index (χ0) is 21.2. The fraction of sp³-hybridized carbons (Fsp3) is 0.500. The number of nitrogens with one attached hydrogen (secondary N) is 1. The van der Waals surface area contributed by atoms with Crippen LogP contribution in [0, 0.1) is 5.41 Å². The van der Waals surface area contributed by atoms with E-state index in [2.05, 4.69) is 12.3 Å². The average molecular weight is 408 g/mol. The van der Waals surface area contributed by atoms with Gasteiger partial charge in [-0.25, -0.2) is 5.01 Å². The van der Waals surface area contributed by atoms with Crippen LogP contribution in [0.4, 0.5) is 13.2 Å². The Balaban J connectivity index is 2.07. The summed E-state index contributed by atoms with van der Waals surface area (Å²) < 4.78 is 48.6. The number of hydrogen-bond donors (Lipinski definition) is 1. The number of alkyl halides is 3. The molecule has 1 N–H and O–H groups in total. The number of ether oxygens (including phenoxy) is 1. The highest BCUT2D eigenvalue weighted by Gasteiger charge is 2.52. The molecule has 1 atom stereocenters. The molecule has 4 nitrogen and oxygen atoms in total. The van der Waals surface area contributed by atoms with Crippen molar-refractivity contribution in [2.24, 2.45) is 5.41 Å². The molecule has 0 bridgehead atoms. The van der Waals surface area contributed by atoms with E-state index in [9.17, 15) is 18.0 Å². The number of hydrazine groups is 1. The van der Waals surface area contributed by atoms with Crippen molar-refractivity contribution in [3.8, 4) is 5.75 Å². The Morgan fingerprint density at radius 2 is 1.90 bits per heavy atom. The molecule has 1 fully saturated rings. The predicted molar refractivity (Wildman–Crippen MR) is 106 cm³/mol. The van der Waals surface area contributed by atoms with Crippen molar-refractivity contribution >= 4 is 16.7 Å². The van der Waals surface area contributed by atoms with Crippen molar-refractivity contribution in [3.05, 3.63) is 42.0 Å². The molecule has 1 saturated heterocycles. The number of carbonyl (C=O) groups is 1. The molecule has 1 aliphatic heterocycles. The summed E-state index contributed by atoms with van der Waals surface area (Å²) in [5.74, 6) is -0.182. The van der Waals surface area contributed by atoms with Crippen molar-refractivity contribution in [3.63, 3.8) is 0 Å². The van der Waals surface area contributed by atoms with Crippen LogP contribution >= 0.6 is 0 Å². The van der Waals surface area contributed by atoms with Crippen molar-refractivity contribution in [2.45, 2.75) is 52.3 Å². The van der Waals surface area contributed by atoms with Crippen molar-refractivity contribution < 1.29 is 22.7 Å². The van der Waals surface area contributed by atoms with Gasteiger partial charge in [0.25, 0.3) is 0 Å². The fourth-order valence-corrected chi connectivity index (χ4v) is 3.66. The molecule has 1 aliphatic rings. The first kappa shape index (κ1) is 21.4. The number of halogens is 3. The summed E-state index contributed by atoms with van der Waals surface area (Å²) in [5, 5.41) is 2.44. The lowest BCUT2D eigenvalue weighted by Gasteiger charge is -2.31. The van der Waals surface area contributed by atoms with Crippen LogP contribution in [-0.4, -0.2) is 30.2 Å². The normalized spacial score (nSPS) is 18.1. The van der Waals surface area contributed by atoms with Crippen LogP contribution in [0.2, 0.25) is 0 Å². The predicted octanol–water partition coefficient (Wildman–Crippen LogP) is 5.39. The van der Waals surface area contributed by atoms with Gasteiger partial charge in [0.1, 0.15) is 5.75 Å². The number of amides is 1. The maximum Gasteiger partial charge on any atom is 0.410 e. The minimum absolute atomic E-state index is 0.0192. The molecule has 0 radical (unpaired) electrons. The van der Waals surface area contributed by atoms with Gasteiger partial charge >= 0.3 is 6.18 Å². The van der Waals surface area contributed by atoms with E-state index in [0.29, 0.717) is 12.0 Å². The van der Waals surface area contributed by atoms with Crippen LogP contribution in [0.15, 0.2) is 36.4 Å². The van der Waals surface area contributed by atoms with Crippen LogP contribution in [0.3, 0.4) is 0 Å². The minimum Gasteiger partial charge on any atom is -0.493 e. The van der Waals surface area contributed by atoms with Crippen LogP contribution in [0.1, 0.15) is 51.6 Å². The Kier molecular flexibility index (Phi) is 6.08. The van der Waals surface area contributed by atoms with Gasteiger partial charge in [-0.3, -0.25) is 10.2 Å². The first-order valence-electron chi connectivity index (χ1n) is 9.94. The Morgan fingerprint density at radius 1 is 1.17 bits per heavy atom. The summed E-state index contributed by atoms with van der Waals surface area (Å²) in [6.07, 6.45) is -1.88. The number of benzene rings is 2. The Labute approximate surface area is 169 Å². The summed E-state index contributed by atoms with van der Waals surface area (Å²) in [4.78, 5) is 12.2. The summed E-state index contributed by atoms with van der Waals surface area (Å²) in [6, 6.07) is 8.40. The van der Waals surface area contributed by atoms with Gasteiger partial charge in [-0.15, -0.1) is 0 Å². The van der Waals surface area contributed by atoms with Gasteiger partial charge in [-0.05, 0) is 25.7 Å². The van der Waals surface area contributed by atoms with Crippen LogP contribution in [0.25, 0.3) is 10.8 Å². The Hall–Kier alpha value is -2.28. The smallest absolute Gasteiger partial charge is 0.410 e. The van der Waals surface area contributed by atoms with E-state index < -0.39 is 23.5 Å². The second-order valence-electron chi connectivity index (χ2n) is 8.16. The molecule has 1 heterocycles. The standard InChI is InChI=1S/C22H27F3N2O2/c1-4-5-8-13-29-18-16-10-7-6-9-15(16)11-12-17(18)19(22(23,24)25)27-14-21(2,3)20(28)26-27/h6-7,9-12,19H,4-5,8,13-14H2,1-3H3,(H,26,28)/t19-/m0/s1. The number of nitrogens with zero attached hydrogens (tertiary/aromatic N) is 1. The fourth-order valence-electron chi connectivity index (χ4n) is 3.66. The Morgan fingerprint density at radius 3 is 2.52 bits per heavy atom. The van der Waals surface area contributed by atoms with Crippen LogP contribution in [0.5, 0.6) is 5.75 Å². The molecule has 2 aromatic rings. The first-order valence-corrected chi connectivity index (χ1v) is 9.94. The lowest BCUT2D eigenvalue weighted by molar-refractivity contribution is -0.192. The highest BCUT2D eigenvalue weighted by Crippen LogP contribution is 2.45. The summed E-state index contributed by atoms with van der Waals surface area (Å²) in [6.45, 7) is 5.63. The molecule has 158 valence electrons. The third-order valence-electron chi connectivity index (χ3n) is 5.25. The van der Waals surface area contributed by atoms with Gasteiger partial charge in [0.05, 0.1) is 12.0 Å². The number of unbranched alkanes of at least 4 members (excludes halogenated alkanes) is 2. The molecule has 0 saturated carbocycles. The molecule has 0 aromatic heterocycles. The summed E-state index contributed by atoms with van der Waals surface area (Å²) in [7, 11) is 0. The second kappa shape index (κ2) is 8.22. The van der Waals surface area contributed by atoms with Gasteiger partial charge in [0.15, 0.2) is 6.04 Å². The SMILES string of the molecule is CCCCCOc1c([C@H](N2CC(C)(C)C(=O)N2)C(F)(F)F)ccc2ccccc12. The van der Waals surface area contributed by atoms with E-state index in [1.807, 2.05) is 12.1 Å². The maximum absolute atomic E-state index is 14.2. The highest BCUT2D eigenvalue weighted by molar-refractivity contribution is 5.90. The lowest BCUT2D eigenvalue weighted by atomic mass is 9.93. The third-order valence-corrected chi connectivity index (χ3v) is 5.25. The number of hydrogen-bond acceptors (Lipinski definition) is 3. The largest absolute Gasteiger partial charge is 0.493 e. The second-order valence-corrected chi connectivity index (χ2v) is 8.16. The summed E-state index contributed by atoms with van der Waals surface area (Å²) in [5.41, 5.74) is 1.54. The zero-order valence-electron chi connectivity index (χ0n) is 17.0. The molecule has 0 spiro atoms. The molecule has 0 unspecified atom stereocenters. The van der Waals surface area contributed by atoms with Crippen LogP contribution in [-0.2, 0) is 4.79 Å². The Bertz CT molecular complexity index is 880. The van der Waals surface area contributed by atoms with E-state index in [0.717, 1.165) is 29.7 Å². The highest BCUT2D eigenvalue weighted by atomic mass is 19.4. The molecule has 3 rings (SSSR count). The molecule has 0 aliphatic carbocycles. The van der Waals surface area contributed by atoms with E-state index >= 15 is 0 Å². The molecule has 7 heteroatoms. The quantitative estimate of drug-likeness (QED) is 0.625. The number of carbonyl (C=O) groups excluding carboxylic acids is 1. The van der Waals surface area contributed by atoms with E-state index in [-0.39, 0.29) is 17.9 Å². The summed E-state index contributed by atoms with van der Waals surface area (Å²) >= 11 is 0. The average Bonchev–Trinajstić information content (AvgIpc) is 2.91. The number of fused-ring (bicyclic) bond motifs is 1. The maximum atomic E-state index is 14.2. The topological polar surface area (TPSA) is 41.6 Å². The van der Waals surface area contributed by atoms with Gasteiger partial charge < -0.3 is 4.74 Å². The van der Waals surface area contributed by atoms with Gasteiger partial charge in [-0.1, -0.05) is 56.2 Å². The number of rotatable bonds is 7. The zero-order valence-corrected chi connectivity index (χ0v) is 17.0. The van der Waals surface area contributed by atoms with Crippen molar-refractivity contribution in [2.75, 3.05) is 13.2 Å². The molecule has 2 aromatic carbocycles. The first-order chi connectivity index (χ1) is 13.6. The molecular weight excluding hydrogens is 381 g/mol. The molecule has 29 heavy (non-hydrogen) atoms. The van der Waals surface area contributed by atoms with Crippen molar-refractivity contribution in [1.29, 1.82) is 0 Å². The van der Waals surface area contributed by atoms with Gasteiger partial charge in [0, 0.05) is 17.5 Å².